The lowest BCUT2D eigenvalue weighted by atomic mass is 9.75. The number of nitrogens with one attached hydrogen (secondary N) is 1. The highest BCUT2D eigenvalue weighted by Crippen LogP contribution is 2.50. The summed E-state index contributed by atoms with van der Waals surface area (Å²) in [5.74, 6) is -2.16. The molecule has 2 amide bonds. The van der Waals surface area contributed by atoms with Gasteiger partial charge < -0.3 is 15.1 Å². The van der Waals surface area contributed by atoms with Crippen molar-refractivity contribution < 1.29 is 13.6 Å². The Kier molecular flexibility index (Phi) is 3.81. The van der Waals surface area contributed by atoms with Crippen molar-refractivity contribution in [2.75, 3.05) is 31.1 Å². The monoisotopic (exact) mass is 351 g/mol. The molecule has 3 heterocycles. The van der Waals surface area contributed by atoms with Crippen LogP contribution in [0.4, 0.5) is 19.4 Å². The van der Waals surface area contributed by atoms with Gasteiger partial charge in [0, 0.05) is 38.6 Å². The van der Waals surface area contributed by atoms with Gasteiger partial charge in [-0.15, -0.1) is 5.10 Å². The molecule has 0 aromatic carbocycles. The molecule has 1 aromatic heterocycles. The zero-order chi connectivity index (χ0) is 17.7. The van der Waals surface area contributed by atoms with Crippen LogP contribution < -0.4 is 10.2 Å². The van der Waals surface area contributed by atoms with Crippen LogP contribution in [0, 0.1) is 12.3 Å². The van der Waals surface area contributed by atoms with E-state index in [1.54, 1.807) is 4.90 Å². The Labute approximate surface area is 145 Å². The quantitative estimate of drug-likeness (QED) is 0.887. The molecule has 1 aliphatic carbocycles. The van der Waals surface area contributed by atoms with Gasteiger partial charge in [0.15, 0.2) is 5.82 Å². The van der Waals surface area contributed by atoms with Gasteiger partial charge in [-0.2, -0.15) is 5.10 Å². The summed E-state index contributed by atoms with van der Waals surface area (Å²) in [5.41, 5.74) is -0.415. The number of hydrogen-bond donors (Lipinski definition) is 1. The van der Waals surface area contributed by atoms with Crippen LogP contribution >= 0.6 is 0 Å². The summed E-state index contributed by atoms with van der Waals surface area (Å²) in [4.78, 5) is 15.8. The van der Waals surface area contributed by atoms with Crippen LogP contribution in [-0.4, -0.2) is 59.3 Å². The van der Waals surface area contributed by atoms with Crippen LogP contribution in [0.5, 0.6) is 0 Å². The second kappa shape index (κ2) is 5.78. The maximum atomic E-state index is 14.8. The van der Waals surface area contributed by atoms with E-state index in [1.165, 1.54) is 0 Å². The molecule has 3 aliphatic rings. The van der Waals surface area contributed by atoms with Gasteiger partial charge in [0.1, 0.15) is 0 Å². The van der Waals surface area contributed by atoms with Crippen molar-refractivity contribution in [3.05, 3.63) is 17.8 Å². The fourth-order valence-corrected chi connectivity index (χ4v) is 3.82. The topological polar surface area (TPSA) is 61.4 Å². The second-order valence-electron chi connectivity index (χ2n) is 7.58. The Morgan fingerprint density at radius 3 is 2.68 bits per heavy atom. The first-order valence-corrected chi connectivity index (χ1v) is 8.87. The molecule has 136 valence electrons. The largest absolute Gasteiger partial charge is 0.354 e. The Balaban J connectivity index is 1.51. The minimum absolute atomic E-state index is 0.0916. The van der Waals surface area contributed by atoms with Crippen LogP contribution in [0.15, 0.2) is 12.1 Å². The number of halogens is 2. The number of hydrogen-bond acceptors (Lipinski definition) is 4. The number of urea groups is 1. The molecule has 8 heteroatoms. The zero-order valence-electron chi connectivity index (χ0n) is 14.3. The summed E-state index contributed by atoms with van der Waals surface area (Å²) >= 11 is 0. The Bertz CT molecular complexity index is 664. The zero-order valence-corrected chi connectivity index (χ0v) is 14.3. The fraction of sp³-hybridized carbons (Fsp3) is 0.706. The van der Waals surface area contributed by atoms with Crippen molar-refractivity contribution >= 4 is 11.8 Å². The van der Waals surface area contributed by atoms with E-state index in [-0.39, 0.29) is 38.1 Å². The molecule has 6 nitrogen and oxygen atoms in total. The lowest BCUT2D eigenvalue weighted by Gasteiger charge is -2.45. The van der Waals surface area contributed by atoms with E-state index in [9.17, 15) is 13.6 Å². The number of amides is 2. The molecule has 3 fully saturated rings. The summed E-state index contributed by atoms with van der Waals surface area (Å²) in [6.45, 7) is 2.75. The van der Waals surface area contributed by atoms with Gasteiger partial charge in [0.25, 0.3) is 5.92 Å². The standard InChI is InChI=1S/C17H23F2N5O/c1-12-2-5-14(22-21-12)23-8-6-16(10-23)11-24(9-7-17(16,18)19)15(25)20-13-3-4-13/h2,5,13H,3-4,6-11H2,1H3,(H,20,25)/t16-/m0/s1. The summed E-state index contributed by atoms with van der Waals surface area (Å²) in [6.07, 6.45) is 2.04. The summed E-state index contributed by atoms with van der Waals surface area (Å²) < 4.78 is 29.6. The predicted octanol–water partition coefficient (Wildman–Crippen LogP) is 2.19. The van der Waals surface area contributed by atoms with Crippen molar-refractivity contribution in [2.45, 2.75) is 44.6 Å². The number of piperidine rings is 1. The number of rotatable bonds is 2. The van der Waals surface area contributed by atoms with Gasteiger partial charge in [-0.25, -0.2) is 13.6 Å². The lowest BCUT2D eigenvalue weighted by Crippen LogP contribution is -2.59. The van der Waals surface area contributed by atoms with Crippen LogP contribution in [0.25, 0.3) is 0 Å². The average molecular weight is 351 g/mol. The molecule has 2 aliphatic heterocycles. The fourth-order valence-electron chi connectivity index (χ4n) is 3.82. The van der Waals surface area contributed by atoms with Crippen molar-refractivity contribution in [3.8, 4) is 0 Å². The lowest BCUT2D eigenvalue weighted by molar-refractivity contribution is -0.149. The van der Waals surface area contributed by atoms with Crippen LogP contribution in [0.3, 0.4) is 0 Å². The van der Waals surface area contributed by atoms with E-state index >= 15 is 0 Å². The molecule has 1 spiro atoms. The summed E-state index contributed by atoms with van der Waals surface area (Å²) in [5, 5.41) is 11.1. The number of aryl methyl sites for hydroxylation is 1. The number of carbonyl (C=O) groups excluding carboxylic acids is 1. The van der Waals surface area contributed by atoms with E-state index in [2.05, 4.69) is 15.5 Å². The first-order valence-electron chi connectivity index (χ1n) is 8.87. The Morgan fingerprint density at radius 2 is 2.00 bits per heavy atom. The van der Waals surface area contributed by atoms with Crippen molar-refractivity contribution in [3.63, 3.8) is 0 Å². The highest BCUT2D eigenvalue weighted by atomic mass is 19.3. The molecule has 2 saturated heterocycles. The first kappa shape index (κ1) is 16.5. The molecular weight excluding hydrogens is 328 g/mol. The molecule has 0 unspecified atom stereocenters. The maximum absolute atomic E-state index is 14.8. The minimum Gasteiger partial charge on any atom is -0.354 e. The molecule has 0 bridgehead atoms. The van der Waals surface area contributed by atoms with Gasteiger partial charge in [-0.05, 0) is 38.3 Å². The van der Waals surface area contributed by atoms with E-state index in [1.807, 2.05) is 24.0 Å². The third-order valence-electron chi connectivity index (χ3n) is 5.62. The van der Waals surface area contributed by atoms with Crippen LogP contribution in [0.2, 0.25) is 0 Å². The molecule has 4 rings (SSSR count). The summed E-state index contributed by atoms with van der Waals surface area (Å²) in [7, 11) is 0. The number of alkyl halides is 2. The third-order valence-corrected chi connectivity index (χ3v) is 5.62. The molecule has 1 atom stereocenters. The van der Waals surface area contributed by atoms with E-state index < -0.39 is 11.3 Å². The van der Waals surface area contributed by atoms with Crippen molar-refractivity contribution in [2.24, 2.45) is 5.41 Å². The molecule has 0 radical (unpaired) electrons. The smallest absolute Gasteiger partial charge is 0.317 e. The molecule has 25 heavy (non-hydrogen) atoms. The SMILES string of the molecule is Cc1ccc(N2CC[C@@]3(CN(C(=O)NC4CC4)CCC3(F)F)C2)nn1. The average Bonchev–Trinajstić information content (AvgIpc) is 3.28. The molecule has 1 N–H and O–H groups in total. The number of anilines is 1. The predicted molar refractivity (Wildman–Crippen MR) is 88.7 cm³/mol. The third kappa shape index (κ3) is 3.02. The van der Waals surface area contributed by atoms with Gasteiger partial charge in [-0.3, -0.25) is 0 Å². The van der Waals surface area contributed by atoms with Crippen molar-refractivity contribution in [1.82, 2.24) is 20.4 Å². The second-order valence-corrected chi connectivity index (χ2v) is 7.58. The normalized spacial score (nSPS) is 28.4. The van der Waals surface area contributed by atoms with Gasteiger partial charge in [0.2, 0.25) is 0 Å². The van der Waals surface area contributed by atoms with Gasteiger partial charge in [0.05, 0.1) is 11.1 Å². The number of likely N-dealkylation sites (tertiary alicyclic amines) is 1. The van der Waals surface area contributed by atoms with Gasteiger partial charge >= 0.3 is 6.03 Å². The highest BCUT2D eigenvalue weighted by Gasteiger charge is 2.60. The van der Waals surface area contributed by atoms with Gasteiger partial charge in [-0.1, -0.05) is 0 Å². The summed E-state index contributed by atoms with van der Waals surface area (Å²) in [6, 6.07) is 3.68. The van der Waals surface area contributed by atoms with Crippen LogP contribution in [-0.2, 0) is 0 Å². The van der Waals surface area contributed by atoms with Crippen molar-refractivity contribution in [1.29, 1.82) is 0 Å². The van der Waals surface area contributed by atoms with E-state index in [4.69, 9.17) is 0 Å². The maximum Gasteiger partial charge on any atom is 0.317 e. The number of aromatic nitrogens is 2. The molecule has 1 saturated carbocycles. The number of carbonyl (C=O) groups is 1. The van der Waals surface area contributed by atoms with E-state index in [0.717, 1.165) is 18.5 Å². The number of nitrogens with zero attached hydrogens (tertiary/aromatic N) is 4. The molecule has 1 aromatic rings. The van der Waals surface area contributed by atoms with E-state index in [0.29, 0.717) is 18.8 Å². The Hall–Kier alpha value is -1.99. The first-order chi connectivity index (χ1) is 11.9. The van der Waals surface area contributed by atoms with Crippen LogP contribution in [0.1, 0.15) is 31.4 Å². The highest BCUT2D eigenvalue weighted by molar-refractivity contribution is 5.75. The minimum atomic E-state index is -2.78. The molecular formula is C17H23F2N5O. The Morgan fingerprint density at radius 1 is 1.20 bits per heavy atom.